The number of aromatic nitrogens is 4. The fourth-order valence-electron chi connectivity index (χ4n) is 5.64. The van der Waals surface area contributed by atoms with E-state index in [0.29, 0.717) is 28.6 Å². The van der Waals surface area contributed by atoms with Gasteiger partial charge in [0.2, 0.25) is 5.95 Å². The third kappa shape index (κ3) is 5.87. The van der Waals surface area contributed by atoms with Gasteiger partial charge in [0.1, 0.15) is 22.9 Å². The van der Waals surface area contributed by atoms with Gasteiger partial charge < -0.3 is 20.4 Å². The zero-order valence-electron chi connectivity index (χ0n) is 25.0. The van der Waals surface area contributed by atoms with Gasteiger partial charge in [0, 0.05) is 61.2 Å². The molecular formula is C35H30F2N8O. The quantitative estimate of drug-likeness (QED) is 0.212. The molecule has 230 valence electrons. The largest absolute Gasteiger partial charge is 0.369 e. The number of amides is 1. The summed E-state index contributed by atoms with van der Waals surface area (Å²) in [4.78, 5) is 26.9. The van der Waals surface area contributed by atoms with Crippen molar-refractivity contribution >= 4 is 34.4 Å². The van der Waals surface area contributed by atoms with E-state index in [1.54, 1.807) is 28.9 Å². The molecule has 11 heteroatoms. The van der Waals surface area contributed by atoms with E-state index < -0.39 is 23.1 Å². The van der Waals surface area contributed by atoms with E-state index in [1.807, 2.05) is 48.7 Å². The topological polar surface area (TPSA) is 90.7 Å². The van der Waals surface area contributed by atoms with E-state index in [1.165, 1.54) is 6.07 Å². The van der Waals surface area contributed by atoms with E-state index in [9.17, 15) is 13.6 Å². The predicted molar refractivity (Wildman–Crippen MR) is 175 cm³/mol. The summed E-state index contributed by atoms with van der Waals surface area (Å²) >= 11 is 0. The van der Waals surface area contributed by atoms with Gasteiger partial charge >= 0.3 is 0 Å². The lowest BCUT2D eigenvalue weighted by Crippen LogP contribution is -2.44. The minimum absolute atomic E-state index is 0.360. The molecule has 1 fully saturated rings. The molecule has 1 amide bonds. The van der Waals surface area contributed by atoms with Crippen molar-refractivity contribution in [2.24, 2.45) is 0 Å². The Labute approximate surface area is 264 Å². The number of hydrogen-bond acceptors (Lipinski definition) is 7. The Morgan fingerprint density at radius 1 is 0.826 bits per heavy atom. The number of carbonyl (C=O) groups excluding carboxylic acids is 1. The number of halogens is 2. The first-order valence-electron chi connectivity index (χ1n) is 14.9. The molecular weight excluding hydrogens is 586 g/mol. The van der Waals surface area contributed by atoms with Crippen LogP contribution in [0.5, 0.6) is 0 Å². The van der Waals surface area contributed by atoms with Crippen LogP contribution in [0.4, 0.5) is 31.8 Å². The lowest BCUT2D eigenvalue weighted by atomic mass is 10.0. The molecule has 1 saturated heterocycles. The number of fused-ring (bicyclic) bond motifs is 1. The molecule has 6 aromatic rings. The highest BCUT2D eigenvalue weighted by molar-refractivity contribution is 6.05. The summed E-state index contributed by atoms with van der Waals surface area (Å²) in [6.07, 6.45) is 3.55. The molecule has 0 atom stereocenters. The summed E-state index contributed by atoms with van der Waals surface area (Å²) in [5, 5.41) is 10.8. The first-order chi connectivity index (χ1) is 22.4. The third-order valence-corrected chi connectivity index (χ3v) is 8.01. The van der Waals surface area contributed by atoms with Crippen molar-refractivity contribution in [3.63, 3.8) is 0 Å². The Morgan fingerprint density at radius 2 is 1.59 bits per heavy atom. The van der Waals surface area contributed by atoms with Gasteiger partial charge in [0.05, 0.1) is 16.8 Å². The Kier molecular flexibility index (Phi) is 7.81. The second kappa shape index (κ2) is 12.4. The van der Waals surface area contributed by atoms with Gasteiger partial charge in [-0.15, -0.1) is 0 Å². The molecule has 0 unspecified atom stereocenters. The Balaban J connectivity index is 1.21. The second-order valence-electron chi connectivity index (χ2n) is 11.1. The molecule has 0 saturated carbocycles. The van der Waals surface area contributed by atoms with Crippen molar-refractivity contribution in [3.8, 4) is 22.5 Å². The molecule has 0 aliphatic carbocycles. The minimum Gasteiger partial charge on any atom is -0.369 e. The fraction of sp³-hybridized carbons (Fsp3) is 0.143. The van der Waals surface area contributed by atoms with Crippen molar-refractivity contribution in [2.45, 2.75) is 0 Å². The highest BCUT2D eigenvalue weighted by Gasteiger charge is 2.21. The van der Waals surface area contributed by atoms with Gasteiger partial charge in [0.25, 0.3) is 5.91 Å². The first-order valence-corrected chi connectivity index (χ1v) is 14.9. The van der Waals surface area contributed by atoms with Gasteiger partial charge in [-0.1, -0.05) is 30.3 Å². The predicted octanol–water partition coefficient (Wildman–Crippen LogP) is 6.48. The standard InChI is InChI=1S/C35H30F2N8O/c1-43-17-19-44(20-18-43)26-10-5-9-25(22-26)40-35-38-15-14-29(41-35)32-30-13-2-3-16-45(30)42-33(32)23-7-4-8-24(21-23)39-34(46)31-27(36)11-6-12-28(31)37/h2-16,21-22H,17-20H2,1H3,(H,39,46)(H,38,40,41). The number of nitrogens with one attached hydrogen (secondary N) is 2. The molecule has 1 aliphatic heterocycles. The number of carbonyl (C=O) groups is 1. The summed E-state index contributed by atoms with van der Waals surface area (Å²) in [5.41, 5.74) is 5.26. The molecule has 46 heavy (non-hydrogen) atoms. The maximum absolute atomic E-state index is 14.3. The van der Waals surface area contributed by atoms with Crippen molar-refractivity contribution < 1.29 is 13.6 Å². The van der Waals surface area contributed by atoms with Crippen LogP contribution in [0.3, 0.4) is 0 Å². The number of nitrogens with zero attached hydrogens (tertiary/aromatic N) is 6. The van der Waals surface area contributed by atoms with Crippen molar-refractivity contribution in [1.82, 2.24) is 24.5 Å². The summed E-state index contributed by atoms with van der Waals surface area (Å²) in [5.74, 6) is -2.32. The van der Waals surface area contributed by atoms with Crippen molar-refractivity contribution in [3.05, 3.63) is 121 Å². The van der Waals surface area contributed by atoms with E-state index in [4.69, 9.17) is 10.1 Å². The average Bonchev–Trinajstić information content (AvgIpc) is 3.45. The average molecular weight is 617 g/mol. The van der Waals surface area contributed by atoms with Gasteiger partial charge in [-0.2, -0.15) is 5.10 Å². The van der Waals surface area contributed by atoms with E-state index in [-0.39, 0.29) is 0 Å². The maximum atomic E-state index is 14.3. The normalized spacial score (nSPS) is 13.6. The molecule has 4 heterocycles. The van der Waals surface area contributed by atoms with Crippen molar-refractivity contribution in [1.29, 1.82) is 0 Å². The Morgan fingerprint density at radius 3 is 2.41 bits per heavy atom. The summed E-state index contributed by atoms with van der Waals surface area (Å²) in [6, 6.07) is 26.1. The van der Waals surface area contributed by atoms with Gasteiger partial charge in [-0.05, 0) is 67.7 Å². The third-order valence-electron chi connectivity index (χ3n) is 8.01. The molecule has 0 bridgehead atoms. The number of piperazine rings is 1. The molecule has 0 radical (unpaired) electrons. The molecule has 3 aromatic heterocycles. The number of pyridine rings is 1. The van der Waals surface area contributed by atoms with Crippen LogP contribution in [-0.4, -0.2) is 63.6 Å². The molecule has 3 aromatic carbocycles. The van der Waals surface area contributed by atoms with E-state index >= 15 is 0 Å². The first kappa shape index (κ1) is 29.1. The van der Waals surface area contributed by atoms with Gasteiger partial charge in [0.15, 0.2) is 0 Å². The second-order valence-corrected chi connectivity index (χ2v) is 11.1. The van der Waals surface area contributed by atoms with Crippen LogP contribution in [-0.2, 0) is 0 Å². The highest BCUT2D eigenvalue weighted by Crippen LogP contribution is 2.36. The Bertz CT molecular complexity index is 2030. The van der Waals surface area contributed by atoms with E-state index in [0.717, 1.165) is 60.8 Å². The highest BCUT2D eigenvalue weighted by atomic mass is 19.1. The van der Waals surface area contributed by atoms with Crippen LogP contribution in [0.15, 0.2) is 103 Å². The smallest absolute Gasteiger partial charge is 0.261 e. The number of anilines is 4. The zero-order chi connectivity index (χ0) is 31.6. The van der Waals surface area contributed by atoms with Crippen molar-refractivity contribution in [2.75, 3.05) is 48.8 Å². The number of rotatable bonds is 7. The molecule has 2 N–H and O–H groups in total. The van der Waals surface area contributed by atoms with Gasteiger partial charge in [-0.25, -0.2) is 23.3 Å². The van der Waals surface area contributed by atoms with Crippen LogP contribution >= 0.6 is 0 Å². The molecule has 1 aliphatic rings. The SMILES string of the molecule is CN1CCN(c2cccc(Nc3nccc(-c4c(-c5cccc(NC(=O)c6c(F)cccc6F)c5)nn5ccccc45)n3)c2)CC1. The summed E-state index contributed by atoms with van der Waals surface area (Å²) < 4.78 is 30.3. The van der Waals surface area contributed by atoms with Gasteiger partial charge in [-0.3, -0.25) is 4.79 Å². The van der Waals surface area contributed by atoms with Crippen LogP contribution < -0.4 is 15.5 Å². The van der Waals surface area contributed by atoms with Crippen LogP contribution in [0.1, 0.15) is 10.4 Å². The number of benzene rings is 3. The monoisotopic (exact) mass is 616 g/mol. The molecule has 0 spiro atoms. The Hall–Kier alpha value is -5.68. The van der Waals surface area contributed by atoms with E-state index in [2.05, 4.69) is 44.6 Å². The number of likely N-dealkylation sites (N-methyl/N-ethyl adjacent to an activating group) is 1. The fourth-order valence-corrected chi connectivity index (χ4v) is 5.64. The summed E-state index contributed by atoms with van der Waals surface area (Å²) in [6.45, 7) is 3.97. The van der Waals surface area contributed by atoms with Crippen LogP contribution in [0, 0.1) is 11.6 Å². The summed E-state index contributed by atoms with van der Waals surface area (Å²) in [7, 11) is 2.14. The zero-order valence-corrected chi connectivity index (χ0v) is 25.0. The maximum Gasteiger partial charge on any atom is 0.261 e. The number of hydrogen-bond donors (Lipinski definition) is 2. The van der Waals surface area contributed by atoms with Crippen LogP contribution in [0.25, 0.3) is 28.0 Å². The molecule has 9 nitrogen and oxygen atoms in total. The molecule has 7 rings (SSSR count). The lowest BCUT2D eigenvalue weighted by molar-refractivity contribution is 0.101. The minimum atomic E-state index is -0.935. The lowest BCUT2D eigenvalue weighted by Gasteiger charge is -2.34. The van der Waals surface area contributed by atoms with Crippen LogP contribution in [0.2, 0.25) is 0 Å².